The highest BCUT2D eigenvalue weighted by molar-refractivity contribution is 5.92. The maximum atomic E-state index is 12.0. The number of hydrogen-bond acceptors (Lipinski definition) is 5. The number of nitro groups is 1. The number of nitro benzene ring substituents is 1. The van der Waals surface area contributed by atoms with Gasteiger partial charge in [0.1, 0.15) is 5.76 Å². The predicted octanol–water partition coefficient (Wildman–Crippen LogP) is 2.76. The summed E-state index contributed by atoms with van der Waals surface area (Å²) in [5.74, 6) is 0.396. The third-order valence-electron chi connectivity index (χ3n) is 3.71. The summed E-state index contributed by atoms with van der Waals surface area (Å²) < 4.78 is 11.0. The van der Waals surface area contributed by atoms with Crippen LogP contribution in [-0.4, -0.2) is 30.1 Å². The first-order chi connectivity index (χ1) is 11.1. The molecule has 1 aromatic carbocycles. The molecule has 1 aliphatic rings. The minimum Gasteiger partial charge on any atom is -0.451 e. The summed E-state index contributed by atoms with van der Waals surface area (Å²) in [6.07, 6.45) is 2.04. The number of benzene rings is 1. The fraction of sp³-hybridized carbons (Fsp3) is 0.312. The maximum Gasteiger partial charge on any atom is 0.287 e. The van der Waals surface area contributed by atoms with Gasteiger partial charge in [0.2, 0.25) is 0 Å². The summed E-state index contributed by atoms with van der Waals surface area (Å²) in [6.45, 7) is 1.21. The average Bonchev–Trinajstić information content (AvgIpc) is 3.24. The lowest BCUT2D eigenvalue weighted by Crippen LogP contribution is -2.31. The standard InChI is InChI=1S/C16H16N2O5/c19-16(17-10-13-2-1-9-22-13)15-8-7-14(23-15)11-3-5-12(6-4-11)18(20)21/h3-8,13H,1-2,9-10H2,(H,17,19). The van der Waals surface area contributed by atoms with Crippen LogP contribution in [0.25, 0.3) is 11.3 Å². The average molecular weight is 316 g/mol. The highest BCUT2D eigenvalue weighted by atomic mass is 16.6. The third kappa shape index (κ3) is 3.57. The Kier molecular flexibility index (Phi) is 4.38. The summed E-state index contributed by atoms with van der Waals surface area (Å²) in [5, 5.41) is 13.4. The molecule has 1 aromatic heterocycles. The van der Waals surface area contributed by atoms with Gasteiger partial charge in [-0.2, -0.15) is 0 Å². The summed E-state index contributed by atoms with van der Waals surface area (Å²) in [5.41, 5.74) is 0.684. The maximum absolute atomic E-state index is 12.0. The molecule has 2 heterocycles. The lowest BCUT2D eigenvalue weighted by Gasteiger charge is -2.09. The number of carbonyl (C=O) groups excluding carboxylic acids is 1. The van der Waals surface area contributed by atoms with Gasteiger partial charge in [-0.1, -0.05) is 0 Å². The minimum absolute atomic E-state index is 0.00911. The zero-order valence-electron chi connectivity index (χ0n) is 12.4. The van der Waals surface area contributed by atoms with Gasteiger partial charge in [-0.3, -0.25) is 14.9 Å². The Balaban J connectivity index is 1.64. The minimum atomic E-state index is -0.462. The second-order valence-electron chi connectivity index (χ2n) is 5.31. The van der Waals surface area contributed by atoms with E-state index >= 15 is 0 Å². The van der Waals surface area contributed by atoms with Gasteiger partial charge < -0.3 is 14.5 Å². The van der Waals surface area contributed by atoms with Crippen LogP contribution in [-0.2, 0) is 4.74 Å². The second kappa shape index (κ2) is 6.62. The van der Waals surface area contributed by atoms with Gasteiger partial charge in [-0.05, 0) is 37.1 Å². The number of nitrogens with zero attached hydrogens (tertiary/aromatic N) is 1. The van der Waals surface area contributed by atoms with Crippen LogP contribution in [0.1, 0.15) is 23.4 Å². The second-order valence-corrected chi connectivity index (χ2v) is 5.31. The molecule has 0 spiro atoms. The molecule has 2 aromatic rings. The number of amides is 1. The fourth-order valence-corrected chi connectivity index (χ4v) is 2.46. The van der Waals surface area contributed by atoms with Crippen molar-refractivity contribution in [1.29, 1.82) is 0 Å². The first-order valence-corrected chi connectivity index (χ1v) is 7.38. The van der Waals surface area contributed by atoms with Crippen LogP contribution >= 0.6 is 0 Å². The van der Waals surface area contributed by atoms with Crippen molar-refractivity contribution >= 4 is 11.6 Å². The topological polar surface area (TPSA) is 94.6 Å². The first kappa shape index (κ1) is 15.2. The molecule has 0 bridgehead atoms. The molecule has 1 atom stereocenters. The van der Waals surface area contributed by atoms with E-state index in [0.717, 1.165) is 19.4 Å². The van der Waals surface area contributed by atoms with E-state index in [0.29, 0.717) is 17.9 Å². The van der Waals surface area contributed by atoms with Crippen molar-refractivity contribution in [2.75, 3.05) is 13.2 Å². The Bertz CT molecular complexity index is 702. The Morgan fingerprint density at radius 3 is 2.70 bits per heavy atom. The Morgan fingerprint density at radius 1 is 1.26 bits per heavy atom. The van der Waals surface area contributed by atoms with Crippen LogP contribution in [0.15, 0.2) is 40.8 Å². The van der Waals surface area contributed by atoms with Gasteiger partial charge in [0.15, 0.2) is 5.76 Å². The number of nitrogens with one attached hydrogen (secondary N) is 1. The molecule has 1 N–H and O–H groups in total. The molecule has 0 aliphatic carbocycles. The molecule has 1 aliphatic heterocycles. The van der Waals surface area contributed by atoms with E-state index in [2.05, 4.69) is 5.32 Å². The summed E-state index contributed by atoms with van der Waals surface area (Å²) in [4.78, 5) is 22.2. The van der Waals surface area contributed by atoms with E-state index in [4.69, 9.17) is 9.15 Å². The molecule has 7 heteroatoms. The van der Waals surface area contributed by atoms with Crippen LogP contribution in [0.5, 0.6) is 0 Å². The highest BCUT2D eigenvalue weighted by Crippen LogP contribution is 2.24. The summed E-state index contributed by atoms with van der Waals surface area (Å²) >= 11 is 0. The molecule has 1 unspecified atom stereocenters. The number of carbonyl (C=O) groups is 1. The monoisotopic (exact) mass is 316 g/mol. The van der Waals surface area contributed by atoms with Gasteiger partial charge in [0.25, 0.3) is 11.6 Å². The SMILES string of the molecule is O=C(NCC1CCCO1)c1ccc(-c2ccc([N+](=O)[O-])cc2)o1. The van der Waals surface area contributed by atoms with Crippen molar-refractivity contribution in [3.05, 3.63) is 52.3 Å². The van der Waals surface area contributed by atoms with Crippen LogP contribution < -0.4 is 5.32 Å². The van der Waals surface area contributed by atoms with E-state index in [1.807, 2.05) is 0 Å². The molecule has 7 nitrogen and oxygen atoms in total. The van der Waals surface area contributed by atoms with Gasteiger partial charge in [0, 0.05) is 30.8 Å². The summed E-state index contributed by atoms with van der Waals surface area (Å²) in [7, 11) is 0. The first-order valence-electron chi connectivity index (χ1n) is 7.38. The molecule has 1 amide bonds. The van der Waals surface area contributed by atoms with E-state index in [1.165, 1.54) is 12.1 Å². The number of rotatable bonds is 5. The van der Waals surface area contributed by atoms with Crippen LogP contribution in [0.2, 0.25) is 0 Å². The van der Waals surface area contributed by atoms with E-state index < -0.39 is 4.92 Å². The van der Waals surface area contributed by atoms with Crippen LogP contribution in [0, 0.1) is 10.1 Å². The molecule has 3 rings (SSSR count). The van der Waals surface area contributed by atoms with Crippen molar-refractivity contribution in [2.45, 2.75) is 18.9 Å². The Labute approximate surface area is 132 Å². The quantitative estimate of drug-likeness (QED) is 0.676. The zero-order chi connectivity index (χ0) is 16.2. The van der Waals surface area contributed by atoms with Gasteiger partial charge in [-0.15, -0.1) is 0 Å². The van der Waals surface area contributed by atoms with Crippen molar-refractivity contribution in [1.82, 2.24) is 5.32 Å². The molecule has 0 saturated carbocycles. The molecular weight excluding hydrogens is 300 g/mol. The normalized spacial score (nSPS) is 17.1. The number of furan rings is 1. The van der Waals surface area contributed by atoms with Gasteiger partial charge in [0.05, 0.1) is 11.0 Å². The largest absolute Gasteiger partial charge is 0.451 e. The number of non-ortho nitro benzene ring substituents is 1. The molecule has 0 radical (unpaired) electrons. The lowest BCUT2D eigenvalue weighted by atomic mass is 10.1. The lowest BCUT2D eigenvalue weighted by molar-refractivity contribution is -0.384. The molecule has 1 fully saturated rings. The van der Waals surface area contributed by atoms with Crippen molar-refractivity contribution in [3.8, 4) is 11.3 Å². The van der Waals surface area contributed by atoms with Crippen LogP contribution in [0.4, 0.5) is 5.69 Å². The van der Waals surface area contributed by atoms with Gasteiger partial charge in [-0.25, -0.2) is 0 Å². The number of ether oxygens (including phenoxy) is 1. The van der Waals surface area contributed by atoms with E-state index in [9.17, 15) is 14.9 Å². The molecule has 1 saturated heterocycles. The van der Waals surface area contributed by atoms with Crippen molar-refractivity contribution in [2.24, 2.45) is 0 Å². The molecule has 23 heavy (non-hydrogen) atoms. The van der Waals surface area contributed by atoms with Gasteiger partial charge >= 0.3 is 0 Å². The third-order valence-corrected chi connectivity index (χ3v) is 3.71. The highest BCUT2D eigenvalue weighted by Gasteiger charge is 2.18. The molecule has 120 valence electrons. The Hall–Kier alpha value is -2.67. The van der Waals surface area contributed by atoms with E-state index in [1.54, 1.807) is 24.3 Å². The van der Waals surface area contributed by atoms with Crippen molar-refractivity contribution < 1.29 is 18.9 Å². The zero-order valence-corrected chi connectivity index (χ0v) is 12.4. The van der Waals surface area contributed by atoms with Crippen molar-refractivity contribution in [3.63, 3.8) is 0 Å². The van der Waals surface area contributed by atoms with Crippen LogP contribution in [0.3, 0.4) is 0 Å². The summed E-state index contributed by atoms with van der Waals surface area (Å²) in [6, 6.07) is 9.23. The number of hydrogen-bond donors (Lipinski definition) is 1. The Morgan fingerprint density at radius 2 is 2.04 bits per heavy atom. The smallest absolute Gasteiger partial charge is 0.287 e. The van der Waals surface area contributed by atoms with E-state index in [-0.39, 0.29) is 23.5 Å². The molecular formula is C16H16N2O5. The fourth-order valence-electron chi connectivity index (χ4n) is 2.46. The predicted molar refractivity (Wildman–Crippen MR) is 82.1 cm³/mol.